The summed E-state index contributed by atoms with van der Waals surface area (Å²) in [7, 11) is 4.19. The third-order valence-electron chi connectivity index (χ3n) is 3.52. The zero-order valence-corrected chi connectivity index (χ0v) is 14.6. The summed E-state index contributed by atoms with van der Waals surface area (Å²) < 4.78 is 1.19. The van der Waals surface area contributed by atoms with Gasteiger partial charge in [-0.05, 0) is 58.0 Å². The van der Waals surface area contributed by atoms with Crippen LogP contribution in [0.5, 0.6) is 0 Å². The molecule has 1 unspecified atom stereocenters. The summed E-state index contributed by atoms with van der Waals surface area (Å²) in [6.07, 6.45) is 1.09. The van der Waals surface area contributed by atoms with Crippen LogP contribution in [0.3, 0.4) is 0 Å². The van der Waals surface area contributed by atoms with Crippen LogP contribution < -0.4 is 10.2 Å². The summed E-state index contributed by atoms with van der Waals surface area (Å²) in [5.74, 6) is 0. The quantitative estimate of drug-likeness (QED) is 0.801. The third kappa shape index (κ3) is 3.62. The Morgan fingerprint density at radius 3 is 2.70 bits per heavy atom. The van der Waals surface area contributed by atoms with Gasteiger partial charge < -0.3 is 10.2 Å². The summed E-state index contributed by atoms with van der Waals surface area (Å²) in [4.78, 5) is 2.32. The van der Waals surface area contributed by atoms with Crippen molar-refractivity contribution in [1.82, 2.24) is 5.32 Å². The van der Waals surface area contributed by atoms with E-state index in [1.165, 1.54) is 20.6 Å². The summed E-state index contributed by atoms with van der Waals surface area (Å²) in [6.45, 7) is 3.15. The zero-order chi connectivity index (χ0) is 14.5. The zero-order valence-electron chi connectivity index (χ0n) is 12.2. The molecule has 2 nitrogen and oxygen atoms in total. The molecule has 1 aromatic carbocycles. The van der Waals surface area contributed by atoms with Crippen LogP contribution in [0, 0.1) is 0 Å². The van der Waals surface area contributed by atoms with Crippen molar-refractivity contribution in [2.24, 2.45) is 0 Å². The Balaban J connectivity index is 2.23. The van der Waals surface area contributed by atoms with Gasteiger partial charge >= 0.3 is 0 Å². The van der Waals surface area contributed by atoms with Gasteiger partial charge in [0.05, 0.1) is 3.79 Å². The number of rotatable bonds is 6. The first kappa shape index (κ1) is 15.5. The average molecular weight is 353 g/mol. The molecule has 2 aromatic rings. The molecule has 0 aliphatic carbocycles. The standard InChI is InChI=1S/C16H21BrN2S/c1-4-14(18-2)13-7-5-6-8-15(13)19(3)10-12-9-16(17)20-11-12/h5-9,11,14,18H,4,10H2,1-3H3. The van der Waals surface area contributed by atoms with Crippen LogP contribution in [0.25, 0.3) is 0 Å². The molecule has 2 rings (SSSR count). The Hall–Kier alpha value is -0.840. The number of halogens is 1. The molecule has 0 fully saturated rings. The minimum atomic E-state index is 0.405. The van der Waals surface area contributed by atoms with E-state index >= 15 is 0 Å². The number of para-hydroxylation sites is 1. The molecular formula is C16H21BrN2S. The van der Waals surface area contributed by atoms with E-state index in [2.05, 4.69) is 75.8 Å². The lowest BCUT2D eigenvalue weighted by Crippen LogP contribution is -2.22. The number of nitrogens with one attached hydrogen (secondary N) is 1. The third-order valence-corrected chi connectivity index (χ3v) is 5.07. The fraction of sp³-hybridized carbons (Fsp3) is 0.375. The van der Waals surface area contributed by atoms with Gasteiger partial charge in [0.1, 0.15) is 0 Å². The van der Waals surface area contributed by atoms with E-state index in [1.54, 1.807) is 11.3 Å². The molecule has 1 atom stereocenters. The maximum absolute atomic E-state index is 3.53. The van der Waals surface area contributed by atoms with Crippen molar-refractivity contribution >= 4 is 33.0 Å². The Bertz CT molecular complexity index is 549. The molecule has 4 heteroatoms. The smallest absolute Gasteiger partial charge is 0.0701 e. The number of thiophene rings is 1. The second-order valence-electron chi connectivity index (χ2n) is 4.92. The lowest BCUT2D eigenvalue weighted by Gasteiger charge is -2.26. The molecule has 0 aliphatic rings. The van der Waals surface area contributed by atoms with Gasteiger partial charge in [0.2, 0.25) is 0 Å². The number of anilines is 1. The summed E-state index contributed by atoms with van der Waals surface area (Å²) >= 11 is 5.27. The number of nitrogens with zero attached hydrogens (tertiary/aromatic N) is 1. The van der Waals surface area contributed by atoms with Crippen LogP contribution in [0.2, 0.25) is 0 Å². The van der Waals surface area contributed by atoms with Gasteiger partial charge in [-0.15, -0.1) is 11.3 Å². The lowest BCUT2D eigenvalue weighted by atomic mass is 10.0. The predicted molar refractivity (Wildman–Crippen MR) is 92.7 cm³/mol. The van der Waals surface area contributed by atoms with Gasteiger partial charge in [-0.25, -0.2) is 0 Å². The van der Waals surface area contributed by atoms with Crippen LogP contribution in [0.1, 0.15) is 30.5 Å². The molecule has 1 N–H and O–H groups in total. The van der Waals surface area contributed by atoms with E-state index in [9.17, 15) is 0 Å². The molecule has 0 amide bonds. The van der Waals surface area contributed by atoms with Crippen molar-refractivity contribution in [1.29, 1.82) is 0 Å². The van der Waals surface area contributed by atoms with E-state index in [1.807, 2.05) is 7.05 Å². The van der Waals surface area contributed by atoms with Gasteiger partial charge in [-0.3, -0.25) is 0 Å². The predicted octanol–water partition coefficient (Wildman–Crippen LogP) is 4.82. The van der Waals surface area contributed by atoms with Crippen molar-refractivity contribution in [3.05, 3.63) is 50.6 Å². The van der Waals surface area contributed by atoms with Crippen molar-refractivity contribution in [3.8, 4) is 0 Å². The first-order valence-corrected chi connectivity index (χ1v) is 8.53. The highest BCUT2D eigenvalue weighted by molar-refractivity contribution is 9.11. The van der Waals surface area contributed by atoms with E-state index in [-0.39, 0.29) is 0 Å². The Morgan fingerprint density at radius 1 is 1.35 bits per heavy atom. The van der Waals surface area contributed by atoms with Crippen LogP contribution in [0.4, 0.5) is 5.69 Å². The number of hydrogen-bond donors (Lipinski definition) is 1. The molecule has 0 aliphatic heterocycles. The largest absolute Gasteiger partial charge is 0.370 e. The van der Waals surface area contributed by atoms with E-state index in [0.717, 1.165) is 13.0 Å². The van der Waals surface area contributed by atoms with Gasteiger partial charge in [0.25, 0.3) is 0 Å². The highest BCUT2D eigenvalue weighted by Crippen LogP contribution is 2.29. The van der Waals surface area contributed by atoms with Crippen molar-refractivity contribution in [2.75, 3.05) is 19.0 Å². The molecule has 1 heterocycles. The average Bonchev–Trinajstić information content (AvgIpc) is 2.86. The number of hydrogen-bond acceptors (Lipinski definition) is 3. The van der Waals surface area contributed by atoms with Crippen LogP contribution in [-0.2, 0) is 6.54 Å². The minimum Gasteiger partial charge on any atom is -0.370 e. The van der Waals surface area contributed by atoms with E-state index in [4.69, 9.17) is 0 Å². The second kappa shape index (κ2) is 7.25. The van der Waals surface area contributed by atoms with E-state index < -0.39 is 0 Å². The molecule has 0 spiro atoms. The highest BCUT2D eigenvalue weighted by atomic mass is 79.9. The van der Waals surface area contributed by atoms with Crippen molar-refractivity contribution in [3.63, 3.8) is 0 Å². The Labute approximate surface area is 133 Å². The Morgan fingerprint density at radius 2 is 2.10 bits per heavy atom. The van der Waals surface area contributed by atoms with Crippen LogP contribution in [-0.4, -0.2) is 14.1 Å². The fourth-order valence-electron chi connectivity index (χ4n) is 2.50. The van der Waals surface area contributed by atoms with Gasteiger partial charge in [-0.2, -0.15) is 0 Å². The van der Waals surface area contributed by atoms with Crippen LogP contribution >= 0.6 is 27.3 Å². The number of benzene rings is 1. The SMILES string of the molecule is CCC(NC)c1ccccc1N(C)Cc1csc(Br)c1. The van der Waals surface area contributed by atoms with Crippen molar-refractivity contribution < 1.29 is 0 Å². The molecular weight excluding hydrogens is 332 g/mol. The topological polar surface area (TPSA) is 15.3 Å². The summed E-state index contributed by atoms with van der Waals surface area (Å²) in [5.41, 5.74) is 4.02. The summed E-state index contributed by atoms with van der Waals surface area (Å²) in [6, 6.07) is 11.3. The fourth-order valence-corrected chi connectivity index (χ4v) is 3.70. The maximum Gasteiger partial charge on any atom is 0.0701 e. The minimum absolute atomic E-state index is 0.405. The van der Waals surface area contributed by atoms with Crippen molar-refractivity contribution in [2.45, 2.75) is 25.9 Å². The molecule has 0 saturated carbocycles. The van der Waals surface area contributed by atoms with Gasteiger partial charge in [0.15, 0.2) is 0 Å². The Kier molecular flexibility index (Phi) is 5.64. The monoisotopic (exact) mass is 352 g/mol. The first-order valence-electron chi connectivity index (χ1n) is 6.86. The molecule has 0 radical (unpaired) electrons. The first-order chi connectivity index (χ1) is 9.65. The molecule has 0 bridgehead atoms. The molecule has 0 saturated heterocycles. The second-order valence-corrected chi connectivity index (χ2v) is 7.21. The molecule has 20 heavy (non-hydrogen) atoms. The summed E-state index contributed by atoms with van der Waals surface area (Å²) in [5, 5.41) is 5.61. The van der Waals surface area contributed by atoms with Crippen LogP contribution in [0.15, 0.2) is 39.5 Å². The van der Waals surface area contributed by atoms with Gasteiger partial charge in [-0.1, -0.05) is 25.1 Å². The van der Waals surface area contributed by atoms with Gasteiger partial charge in [0, 0.05) is 25.3 Å². The lowest BCUT2D eigenvalue weighted by molar-refractivity contribution is 0.575. The normalized spacial score (nSPS) is 12.4. The van der Waals surface area contributed by atoms with E-state index in [0.29, 0.717) is 6.04 Å². The molecule has 1 aromatic heterocycles. The maximum atomic E-state index is 3.53. The highest BCUT2D eigenvalue weighted by Gasteiger charge is 2.14. The molecule has 108 valence electrons.